The van der Waals surface area contributed by atoms with Gasteiger partial charge in [-0.15, -0.1) is 12.4 Å². The minimum atomic E-state index is 0. The Kier molecular flexibility index (Phi) is 7.63. The van der Waals surface area contributed by atoms with E-state index in [1.807, 2.05) is 0 Å². The Morgan fingerprint density at radius 3 is 2.50 bits per heavy atom. The molecular weight excluding hydrogens is 300 g/mol. The summed E-state index contributed by atoms with van der Waals surface area (Å²) in [6, 6.07) is 0.746. The number of amides is 1. The van der Waals surface area contributed by atoms with Crippen molar-refractivity contribution in [2.24, 2.45) is 11.3 Å². The number of carbonyl (C=O) groups is 1. The highest BCUT2D eigenvalue weighted by atomic mass is 35.5. The van der Waals surface area contributed by atoms with Gasteiger partial charge in [0, 0.05) is 30.0 Å². The first kappa shape index (κ1) is 19.7. The van der Waals surface area contributed by atoms with Crippen molar-refractivity contribution in [3.05, 3.63) is 0 Å². The van der Waals surface area contributed by atoms with Gasteiger partial charge >= 0.3 is 0 Å². The van der Waals surface area contributed by atoms with Crippen LogP contribution >= 0.6 is 12.4 Å². The van der Waals surface area contributed by atoms with Crippen molar-refractivity contribution >= 4 is 18.3 Å². The maximum Gasteiger partial charge on any atom is 0.223 e. The SMILES string of the molecule is CCOC1CC(NC(=O)[C@H]2CCN[C@@H](C)C2)C1(CC)CC.Cl. The van der Waals surface area contributed by atoms with Gasteiger partial charge in [0.25, 0.3) is 0 Å². The smallest absolute Gasteiger partial charge is 0.223 e. The van der Waals surface area contributed by atoms with Gasteiger partial charge in [0.1, 0.15) is 0 Å². The first-order chi connectivity index (χ1) is 10.1. The van der Waals surface area contributed by atoms with Gasteiger partial charge < -0.3 is 15.4 Å². The molecule has 2 fully saturated rings. The van der Waals surface area contributed by atoms with Crippen LogP contribution in [0.5, 0.6) is 0 Å². The van der Waals surface area contributed by atoms with Crippen molar-refractivity contribution in [2.75, 3.05) is 13.2 Å². The number of hydrogen-bond acceptors (Lipinski definition) is 3. The van der Waals surface area contributed by atoms with E-state index in [9.17, 15) is 4.79 Å². The summed E-state index contributed by atoms with van der Waals surface area (Å²) in [6.07, 6.45) is 5.35. The molecule has 1 heterocycles. The molecule has 0 aromatic carbocycles. The lowest BCUT2D eigenvalue weighted by Crippen LogP contribution is -2.65. The van der Waals surface area contributed by atoms with E-state index in [-0.39, 0.29) is 29.6 Å². The Labute approximate surface area is 141 Å². The zero-order chi connectivity index (χ0) is 15.5. The van der Waals surface area contributed by atoms with Crippen molar-refractivity contribution in [2.45, 2.75) is 78.0 Å². The fourth-order valence-electron chi connectivity index (χ4n) is 4.24. The van der Waals surface area contributed by atoms with Crippen LogP contribution in [0, 0.1) is 11.3 Å². The number of piperidine rings is 1. The predicted molar refractivity (Wildman–Crippen MR) is 92.4 cm³/mol. The number of nitrogens with one attached hydrogen (secondary N) is 2. The van der Waals surface area contributed by atoms with E-state index in [0.717, 1.165) is 45.3 Å². The molecule has 0 spiro atoms. The van der Waals surface area contributed by atoms with Gasteiger partial charge in [-0.2, -0.15) is 0 Å². The van der Waals surface area contributed by atoms with Crippen LogP contribution in [0.2, 0.25) is 0 Å². The summed E-state index contributed by atoms with van der Waals surface area (Å²) in [6.45, 7) is 10.4. The average molecular weight is 333 g/mol. The molecule has 0 bridgehead atoms. The highest BCUT2D eigenvalue weighted by Gasteiger charge is 2.54. The summed E-state index contributed by atoms with van der Waals surface area (Å²) in [5.41, 5.74) is 0.143. The zero-order valence-corrected chi connectivity index (χ0v) is 15.3. The number of rotatable bonds is 6. The van der Waals surface area contributed by atoms with Gasteiger partial charge in [-0.3, -0.25) is 4.79 Å². The number of halogens is 1. The highest BCUT2D eigenvalue weighted by molar-refractivity contribution is 5.85. The number of ether oxygens (including phenoxy) is 1. The van der Waals surface area contributed by atoms with Crippen LogP contribution < -0.4 is 10.6 Å². The molecule has 1 saturated carbocycles. The molecule has 5 heteroatoms. The van der Waals surface area contributed by atoms with Crippen molar-refractivity contribution in [1.29, 1.82) is 0 Å². The molecule has 0 aromatic heterocycles. The van der Waals surface area contributed by atoms with Crippen LogP contribution in [0.4, 0.5) is 0 Å². The van der Waals surface area contributed by atoms with E-state index in [4.69, 9.17) is 4.74 Å². The van der Waals surface area contributed by atoms with Crippen molar-refractivity contribution in [3.63, 3.8) is 0 Å². The third-order valence-corrected chi connectivity index (χ3v) is 5.78. The van der Waals surface area contributed by atoms with Crippen LogP contribution in [0.3, 0.4) is 0 Å². The van der Waals surface area contributed by atoms with E-state index in [1.54, 1.807) is 0 Å². The molecule has 4 atom stereocenters. The molecule has 130 valence electrons. The third kappa shape index (κ3) is 3.77. The molecule has 1 aliphatic heterocycles. The molecule has 2 N–H and O–H groups in total. The van der Waals surface area contributed by atoms with Crippen LogP contribution in [0.25, 0.3) is 0 Å². The Morgan fingerprint density at radius 1 is 1.27 bits per heavy atom. The molecule has 2 unspecified atom stereocenters. The molecule has 0 radical (unpaired) electrons. The summed E-state index contributed by atoms with van der Waals surface area (Å²) in [5, 5.41) is 6.75. The van der Waals surface area contributed by atoms with Crippen molar-refractivity contribution in [3.8, 4) is 0 Å². The lowest BCUT2D eigenvalue weighted by atomic mass is 9.58. The standard InChI is InChI=1S/C17H32N2O2.ClH/c1-5-17(6-2)14(11-15(17)21-7-3)19-16(20)13-8-9-18-12(4)10-13;/h12-15,18H,5-11H2,1-4H3,(H,19,20);1H/t12-,13-,14?,15?;/m0./s1. The first-order valence-corrected chi connectivity index (χ1v) is 8.72. The monoisotopic (exact) mass is 332 g/mol. The van der Waals surface area contributed by atoms with Gasteiger partial charge in [-0.25, -0.2) is 0 Å². The maximum atomic E-state index is 12.6. The number of hydrogen-bond donors (Lipinski definition) is 2. The van der Waals surface area contributed by atoms with Crippen LogP contribution in [0.1, 0.15) is 59.8 Å². The normalized spacial score (nSPS) is 33.5. The van der Waals surface area contributed by atoms with Gasteiger partial charge in [-0.1, -0.05) is 13.8 Å². The van der Waals surface area contributed by atoms with E-state index in [0.29, 0.717) is 18.2 Å². The molecular formula is C17H33ClN2O2. The first-order valence-electron chi connectivity index (χ1n) is 8.72. The van der Waals surface area contributed by atoms with Gasteiger partial charge in [0.2, 0.25) is 5.91 Å². The summed E-state index contributed by atoms with van der Waals surface area (Å²) >= 11 is 0. The topological polar surface area (TPSA) is 50.4 Å². The van der Waals surface area contributed by atoms with Gasteiger partial charge in [-0.05, 0) is 52.5 Å². The molecule has 1 amide bonds. The minimum absolute atomic E-state index is 0. The summed E-state index contributed by atoms with van der Waals surface area (Å²) < 4.78 is 5.89. The fraction of sp³-hybridized carbons (Fsp3) is 0.941. The van der Waals surface area contributed by atoms with Crippen LogP contribution in [-0.2, 0) is 9.53 Å². The largest absolute Gasteiger partial charge is 0.378 e. The van der Waals surface area contributed by atoms with Gasteiger partial charge in [0.15, 0.2) is 0 Å². The maximum absolute atomic E-state index is 12.6. The molecule has 22 heavy (non-hydrogen) atoms. The van der Waals surface area contributed by atoms with E-state index >= 15 is 0 Å². The van der Waals surface area contributed by atoms with E-state index in [1.165, 1.54) is 0 Å². The zero-order valence-electron chi connectivity index (χ0n) is 14.5. The molecule has 1 aliphatic carbocycles. The minimum Gasteiger partial charge on any atom is -0.378 e. The predicted octanol–water partition coefficient (Wildman–Crippen LogP) is 2.90. The summed E-state index contributed by atoms with van der Waals surface area (Å²) in [4.78, 5) is 12.6. The lowest BCUT2D eigenvalue weighted by molar-refractivity contribution is -0.151. The fourth-order valence-corrected chi connectivity index (χ4v) is 4.24. The van der Waals surface area contributed by atoms with E-state index in [2.05, 4.69) is 38.3 Å². The third-order valence-electron chi connectivity index (χ3n) is 5.78. The summed E-state index contributed by atoms with van der Waals surface area (Å²) in [7, 11) is 0. The van der Waals surface area contributed by atoms with Crippen LogP contribution in [-0.4, -0.2) is 37.2 Å². The van der Waals surface area contributed by atoms with Gasteiger partial charge in [0.05, 0.1) is 6.10 Å². The summed E-state index contributed by atoms with van der Waals surface area (Å²) in [5.74, 6) is 0.438. The second-order valence-electron chi connectivity index (χ2n) is 6.76. The molecule has 0 aromatic rings. The van der Waals surface area contributed by atoms with Crippen molar-refractivity contribution < 1.29 is 9.53 Å². The second kappa shape index (κ2) is 8.51. The lowest BCUT2D eigenvalue weighted by Gasteiger charge is -2.55. The Hall–Kier alpha value is -0.320. The Bertz CT molecular complexity index is 361. The molecule has 2 rings (SSSR count). The van der Waals surface area contributed by atoms with E-state index < -0.39 is 0 Å². The Morgan fingerprint density at radius 2 is 1.95 bits per heavy atom. The number of carbonyl (C=O) groups excluding carboxylic acids is 1. The Balaban J connectivity index is 0.00000242. The van der Waals surface area contributed by atoms with Crippen LogP contribution in [0.15, 0.2) is 0 Å². The average Bonchev–Trinajstić information content (AvgIpc) is 2.47. The molecule has 4 nitrogen and oxygen atoms in total. The quantitative estimate of drug-likeness (QED) is 0.786. The van der Waals surface area contributed by atoms with Crippen molar-refractivity contribution in [1.82, 2.24) is 10.6 Å². The molecule has 2 aliphatic rings. The highest BCUT2D eigenvalue weighted by Crippen LogP contribution is 2.49. The molecule has 1 saturated heterocycles. The second-order valence-corrected chi connectivity index (χ2v) is 6.76.